The third kappa shape index (κ3) is 5.06. The Morgan fingerprint density at radius 3 is 2.56 bits per heavy atom. The van der Waals surface area contributed by atoms with Gasteiger partial charge in [0.15, 0.2) is 11.6 Å². The second-order valence-corrected chi connectivity index (χ2v) is 5.61. The van der Waals surface area contributed by atoms with E-state index in [9.17, 15) is 4.39 Å². The fourth-order valence-corrected chi connectivity index (χ4v) is 2.42. The Balaban J connectivity index is 2.25. The van der Waals surface area contributed by atoms with Crippen LogP contribution in [0.5, 0.6) is 11.5 Å². The summed E-state index contributed by atoms with van der Waals surface area (Å²) in [5.74, 6) is 0.468. The number of hydrogen-bond donors (Lipinski definition) is 1. The second-order valence-electron chi connectivity index (χ2n) is 5.24. The highest BCUT2D eigenvalue weighted by molar-refractivity contribution is 7.80. The zero-order valence-corrected chi connectivity index (χ0v) is 15.4. The zero-order valence-electron chi connectivity index (χ0n) is 14.6. The number of ether oxygens (including phenoxy) is 3. The van der Waals surface area contributed by atoms with Gasteiger partial charge in [-0.3, -0.25) is 0 Å². The Kier molecular flexibility index (Phi) is 7.01. The molecular weight excluding hydrogens is 341 g/mol. The van der Waals surface area contributed by atoms with Gasteiger partial charge in [0, 0.05) is 0 Å². The summed E-state index contributed by atoms with van der Waals surface area (Å²) >= 11 is 5.06. The van der Waals surface area contributed by atoms with Crippen molar-refractivity contribution in [1.29, 1.82) is 0 Å². The molecule has 0 radical (unpaired) electrons. The van der Waals surface area contributed by atoms with E-state index in [0.29, 0.717) is 18.0 Å². The Bertz CT molecular complexity index is 737. The Hall–Kier alpha value is -2.34. The summed E-state index contributed by atoms with van der Waals surface area (Å²) in [6, 6.07) is 10.5. The SMILES string of the molecule is CCOc1cccc(NC(=S)OC)c1COc1ccc(CC)cc1F. The van der Waals surface area contributed by atoms with E-state index in [2.05, 4.69) is 5.32 Å². The van der Waals surface area contributed by atoms with Crippen LogP contribution in [-0.4, -0.2) is 18.9 Å². The van der Waals surface area contributed by atoms with E-state index < -0.39 is 0 Å². The lowest BCUT2D eigenvalue weighted by Crippen LogP contribution is -2.14. The van der Waals surface area contributed by atoms with E-state index in [0.717, 1.165) is 17.5 Å². The number of rotatable bonds is 7. The third-order valence-electron chi connectivity index (χ3n) is 3.63. The van der Waals surface area contributed by atoms with Crippen LogP contribution in [0.25, 0.3) is 0 Å². The molecule has 2 rings (SSSR count). The topological polar surface area (TPSA) is 39.7 Å². The molecule has 0 aliphatic carbocycles. The first-order valence-electron chi connectivity index (χ1n) is 8.09. The molecule has 0 aliphatic rings. The number of halogens is 1. The van der Waals surface area contributed by atoms with E-state index in [4.69, 9.17) is 26.4 Å². The van der Waals surface area contributed by atoms with Gasteiger partial charge < -0.3 is 19.5 Å². The van der Waals surface area contributed by atoms with Crippen molar-refractivity contribution >= 4 is 23.1 Å². The van der Waals surface area contributed by atoms with E-state index in [1.165, 1.54) is 13.2 Å². The number of nitrogens with one attached hydrogen (secondary N) is 1. The summed E-state index contributed by atoms with van der Waals surface area (Å²) < 4.78 is 30.5. The molecule has 0 bridgehead atoms. The molecule has 0 fully saturated rings. The lowest BCUT2D eigenvalue weighted by atomic mass is 10.1. The maximum absolute atomic E-state index is 14.1. The minimum Gasteiger partial charge on any atom is -0.493 e. The molecule has 2 aromatic rings. The maximum atomic E-state index is 14.1. The highest BCUT2D eigenvalue weighted by atomic mass is 32.1. The molecule has 134 valence electrons. The van der Waals surface area contributed by atoms with Gasteiger partial charge >= 0.3 is 0 Å². The molecule has 0 aliphatic heterocycles. The molecule has 6 heteroatoms. The van der Waals surface area contributed by atoms with Crippen molar-refractivity contribution in [3.8, 4) is 11.5 Å². The minimum atomic E-state index is -0.379. The number of benzene rings is 2. The average Bonchev–Trinajstić information content (AvgIpc) is 2.62. The first kappa shape index (κ1) is 19.0. The highest BCUT2D eigenvalue weighted by Gasteiger charge is 2.13. The number of methoxy groups -OCH3 is 1. The summed E-state index contributed by atoms with van der Waals surface area (Å²) in [4.78, 5) is 0. The summed E-state index contributed by atoms with van der Waals surface area (Å²) in [6.45, 7) is 4.51. The predicted octanol–water partition coefficient (Wildman–Crippen LogP) is 4.71. The van der Waals surface area contributed by atoms with Crippen molar-refractivity contribution in [1.82, 2.24) is 0 Å². The molecule has 0 aromatic heterocycles. The standard InChI is InChI=1S/C19H22FNO3S/c1-4-13-9-10-18(15(20)11-13)24-12-14-16(21-19(25)22-3)7-6-8-17(14)23-5-2/h6-11H,4-5,12H2,1-3H3,(H,21,25). The van der Waals surface area contributed by atoms with Crippen molar-refractivity contribution in [2.75, 3.05) is 19.0 Å². The number of thiocarbonyl (C=S) groups is 1. The monoisotopic (exact) mass is 363 g/mol. The highest BCUT2D eigenvalue weighted by Crippen LogP contribution is 2.29. The van der Waals surface area contributed by atoms with Gasteiger partial charge in [0.1, 0.15) is 12.4 Å². The van der Waals surface area contributed by atoms with Gasteiger partial charge in [-0.1, -0.05) is 19.1 Å². The van der Waals surface area contributed by atoms with E-state index in [-0.39, 0.29) is 23.3 Å². The lowest BCUT2D eigenvalue weighted by molar-refractivity contribution is 0.276. The Morgan fingerprint density at radius 2 is 1.92 bits per heavy atom. The van der Waals surface area contributed by atoms with Crippen LogP contribution in [-0.2, 0) is 17.8 Å². The molecule has 0 spiro atoms. The van der Waals surface area contributed by atoms with Crippen molar-refractivity contribution in [3.05, 3.63) is 53.3 Å². The Morgan fingerprint density at radius 1 is 1.12 bits per heavy atom. The molecule has 0 saturated carbocycles. The zero-order chi connectivity index (χ0) is 18.2. The maximum Gasteiger partial charge on any atom is 0.260 e. The van der Waals surface area contributed by atoms with Gasteiger partial charge in [0.05, 0.1) is 25.0 Å². The Labute approximate surface area is 152 Å². The summed E-state index contributed by atoms with van der Waals surface area (Å²) in [7, 11) is 1.49. The molecule has 0 heterocycles. The second kappa shape index (κ2) is 9.22. The van der Waals surface area contributed by atoms with Crippen molar-refractivity contribution in [2.24, 2.45) is 0 Å². The average molecular weight is 363 g/mol. The van der Waals surface area contributed by atoms with Crippen molar-refractivity contribution in [3.63, 3.8) is 0 Å². The normalized spacial score (nSPS) is 10.2. The van der Waals surface area contributed by atoms with Gasteiger partial charge in [0.25, 0.3) is 5.17 Å². The van der Waals surface area contributed by atoms with Gasteiger partial charge in [-0.25, -0.2) is 4.39 Å². The summed E-state index contributed by atoms with van der Waals surface area (Å²) in [5.41, 5.74) is 2.36. The molecule has 0 atom stereocenters. The van der Waals surface area contributed by atoms with E-state index >= 15 is 0 Å². The van der Waals surface area contributed by atoms with Crippen LogP contribution in [0, 0.1) is 5.82 Å². The van der Waals surface area contributed by atoms with Gasteiger partial charge in [-0.15, -0.1) is 0 Å². The first-order valence-corrected chi connectivity index (χ1v) is 8.50. The quantitative estimate of drug-likeness (QED) is 0.722. The van der Waals surface area contributed by atoms with Crippen LogP contribution in [0.2, 0.25) is 0 Å². The molecule has 2 aromatic carbocycles. The largest absolute Gasteiger partial charge is 0.493 e. The molecule has 0 unspecified atom stereocenters. The molecular formula is C19H22FNO3S. The molecule has 1 N–H and O–H groups in total. The molecule has 0 amide bonds. The lowest BCUT2D eigenvalue weighted by Gasteiger charge is -2.17. The van der Waals surface area contributed by atoms with Crippen LogP contribution >= 0.6 is 12.2 Å². The van der Waals surface area contributed by atoms with Crippen LogP contribution < -0.4 is 14.8 Å². The van der Waals surface area contributed by atoms with Crippen LogP contribution in [0.15, 0.2) is 36.4 Å². The van der Waals surface area contributed by atoms with Crippen molar-refractivity contribution < 1.29 is 18.6 Å². The minimum absolute atomic E-state index is 0.132. The van der Waals surface area contributed by atoms with Crippen LogP contribution in [0.3, 0.4) is 0 Å². The van der Waals surface area contributed by atoms with Gasteiger partial charge in [-0.05, 0) is 55.4 Å². The van der Waals surface area contributed by atoms with Gasteiger partial charge in [-0.2, -0.15) is 0 Å². The van der Waals surface area contributed by atoms with Gasteiger partial charge in [0.2, 0.25) is 0 Å². The summed E-state index contributed by atoms with van der Waals surface area (Å²) in [5, 5.41) is 3.21. The van der Waals surface area contributed by atoms with E-state index in [1.807, 2.05) is 38.1 Å². The fourth-order valence-electron chi connectivity index (χ4n) is 2.31. The predicted molar refractivity (Wildman–Crippen MR) is 101 cm³/mol. The first-order chi connectivity index (χ1) is 12.1. The van der Waals surface area contributed by atoms with Crippen molar-refractivity contribution in [2.45, 2.75) is 26.9 Å². The number of anilines is 1. The fraction of sp³-hybridized carbons (Fsp3) is 0.316. The molecule has 4 nitrogen and oxygen atoms in total. The van der Waals surface area contributed by atoms with Crippen LogP contribution in [0.4, 0.5) is 10.1 Å². The third-order valence-corrected chi connectivity index (χ3v) is 3.90. The number of aryl methyl sites for hydroxylation is 1. The smallest absolute Gasteiger partial charge is 0.260 e. The van der Waals surface area contributed by atoms with Crippen LogP contribution in [0.1, 0.15) is 25.0 Å². The summed E-state index contributed by atoms with van der Waals surface area (Å²) in [6.07, 6.45) is 0.771. The van der Waals surface area contributed by atoms with E-state index in [1.54, 1.807) is 6.07 Å². The molecule has 25 heavy (non-hydrogen) atoms. The number of hydrogen-bond acceptors (Lipinski definition) is 4. The molecule has 0 saturated heterocycles.